The minimum Gasteiger partial charge on any atom is -0.424 e. The van der Waals surface area contributed by atoms with Crippen molar-refractivity contribution in [2.45, 2.75) is 45.6 Å². The number of benzene rings is 1. The van der Waals surface area contributed by atoms with Crippen LogP contribution in [-0.2, 0) is 6.42 Å². The minimum atomic E-state index is 0.156. The fraction of sp³-hybridized carbons (Fsp3) is 0.412. The minimum absolute atomic E-state index is 0.156. The van der Waals surface area contributed by atoms with Crippen molar-refractivity contribution in [2.75, 3.05) is 0 Å². The highest BCUT2D eigenvalue weighted by molar-refractivity contribution is 5.32. The number of hydrogen-bond acceptors (Lipinski definition) is 4. The Balaban J connectivity index is 2.04. The van der Waals surface area contributed by atoms with Crippen LogP contribution in [0.2, 0.25) is 0 Å². The Morgan fingerprint density at radius 1 is 1.19 bits per heavy atom. The molecule has 0 spiro atoms. The normalized spacial score (nSPS) is 12.4. The molecular formula is C17H23N3O. The van der Waals surface area contributed by atoms with Crippen LogP contribution in [-0.4, -0.2) is 16.0 Å². The first-order valence-electron chi connectivity index (χ1n) is 7.42. The zero-order chi connectivity index (χ0) is 15.2. The van der Waals surface area contributed by atoms with E-state index in [1.165, 1.54) is 5.56 Å². The Hall–Kier alpha value is -1.94. The Labute approximate surface area is 126 Å². The van der Waals surface area contributed by atoms with Gasteiger partial charge in [-0.25, -0.2) is 9.97 Å². The smallest absolute Gasteiger partial charge is 0.321 e. The predicted molar refractivity (Wildman–Crippen MR) is 84.6 cm³/mol. The van der Waals surface area contributed by atoms with Gasteiger partial charge in [0.1, 0.15) is 5.75 Å². The second-order valence-corrected chi connectivity index (χ2v) is 5.58. The van der Waals surface area contributed by atoms with Crippen molar-refractivity contribution in [3.05, 3.63) is 47.8 Å². The van der Waals surface area contributed by atoms with Crippen LogP contribution in [0.3, 0.4) is 0 Å². The molecule has 4 heteroatoms. The molecule has 0 saturated carbocycles. The lowest BCUT2D eigenvalue weighted by molar-refractivity contribution is 0.439. The van der Waals surface area contributed by atoms with E-state index in [-0.39, 0.29) is 6.04 Å². The highest BCUT2D eigenvalue weighted by Gasteiger charge is 2.06. The van der Waals surface area contributed by atoms with E-state index in [1.54, 1.807) is 12.4 Å². The molecule has 0 amide bonds. The maximum atomic E-state index is 5.92. The van der Waals surface area contributed by atoms with Crippen LogP contribution in [0, 0.1) is 0 Å². The molecule has 1 aromatic heterocycles. The molecule has 1 atom stereocenters. The van der Waals surface area contributed by atoms with Crippen molar-refractivity contribution < 1.29 is 4.74 Å². The summed E-state index contributed by atoms with van der Waals surface area (Å²) in [6.07, 6.45) is 5.30. The first-order chi connectivity index (χ1) is 10.1. The van der Waals surface area contributed by atoms with Gasteiger partial charge in [-0.2, -0.15) is 0 Å². The van der Waals surface area contributed by atoms with Gasteiger partial charge >= 0.3 is 6.01 Å². The molecule has 0 bridgehead atoms. The number of hydrogen-bond donors (Lipinski definition) is 1. The van der Waals surface area contributed by atoms with E-state index in [0.717, 1.165) is 24.2 Å². The highest BCUT2D eigenvalue weighted by atomic mass is 16.5. The van der Waals surface area contributed by atoms with Crippen LogP contribution >= 0.6 is 0 Å². The average molecular weight is 285 g/mol. The molecule has 0 saturated heterocycles. The lowest BCUT2D eigenvalue weighted by Gasteiger charge is -2.10. The van der Waals surface area contributed by atoms with Crippen molar-refractivity contribution in [3.8, 4) is 11.8 Å². The molecule has 4 nitrogen and oxygen atoms in total. The van der Waals surface area contributed by atoms with Gasteiger partial charge in [0, 0.05) is 18.4 Å². The summed E-state index contributed by atoms with van der Waals surface area (Å²) < 4.78 is 5.70. The van der Waals surface area contributed by atoms with E-state index in [1.807, 2.05) is 18.2 Å². The molecule has 2 aromatic rings. The first-order valence-corrected chi connectivity index (χ1v) is 7.42. The maximum absolute atomic E-state index is 5.92. The van der Waals surface area contributed by atoms with Gasteiger partial charge in [0.15, 0.2) is 0 Å². The first kappa shape index (κ1) is 15.4. The van der Waals surface area contributed by atoms with E-state index in [2.05, 4.69) is 36.8 Å². The number of nitrogens with zero attached hydrogens (tertiary/aromatic N) is 2. The van der Waals surface area contributed by atoms with E-state index < -0.39 is 0 Å². The number of ether oxygens (including phenoxy) is 1. The molecule has 0 radical (unpaired) electrons. The maximum Gasteiger partial charge on any atom is 0.321 e. The molecule has 1 aromatic carbocycles. The quantitative estimate of drug-likeness (QED) is 0.879. The van der Waals surface area contributed by atoms with Crippen LogP contribution in [0.4, 0.5) is 0 Å². The van der Waals surface area contributed by atoms with Crippen LogP contribution < -0.4 is 10.5 Å². The van der Waals surface area contributed by atoms with Crippen LogP contribution in [0.5, 0.6) is 11.8 Å². The third kappa shape index (κ3) is 4.53. The lowest BCUT2D eigenvalue weighted by Crippen LogP contribution is -2.21. The molecule has 2 rings (SSSR count). The van der Waals surface area contributed by atoms with Crippen molar-refractivity contribution in [2.24, 2.45) is 5.73 Å². The zero-order valence-electron chi connectivity index (χ0n) is 12.9. The SMILES string of the molecule is CCC(N)Cc1cnc(Oc2cccc(C(C)C)c2)nc1. The third-order valence-corrected chi connectivity index (χ3v) is 3.44. The summed E-state index contributed by atoms with van der Waals surface area (Å²) >= 11 is 0. The summed E-state index contributed by atoms with van der Waals surface area (Å²) in [5, 5.41) is 0. The summed E-state index contributed by atoms with van der Waals surface area (Å²) in [6.45, 7) is 6.38. The van der Waals surface area contributed by atoms with Crippen molar-refractivity contribution in [3.63, 3.8) is 0 Å². The second kappa shape index (κ2) is 7.18. The number of rotatable bonds is 6. The average Bonchev–Trinajstić information content (AvgIpc) is 2.49. The Kier molecular flexibility index (Phi) is 5.28. The van der Waals surface area contributed by atoms with Gasteiger partial charge in [-0.3, -0.25) is 0 Å². The molecular weight excluding hydrogens is 262 g/mol. The highest BCUT2D eigenvalue weighted by Crippen LogP contribution is 2.23. The Morgan fingerprint density at radius 2 is 1.90 bits per heavy atom. The van der Waals surface area contributed by atoms with Crippen molar-refractivity contribution >= 4 is 0 Å². The Morgan fingerprint density at radius 3 is 2.52 bits per heavy atom. The summed E-state index contributed by atoms with van der Waals surface area (Å²) in [5.41, 5.74) is 8.19. The van der Waals surface area contributed by atoms with E-state index in [9.17, 15) is 0 Å². The van der Waals surface area contributed by atoms with Crippen LogP contribution in [0.15, 0.2) is 36.7 Å². The second-order valence-electron chi connectivity index (χ2n) is 5.58. The van der Waals surface area contributed by atoms with Gasteiger partial charge < -0.3 is 10.5 Å². The monoisotopic (exact) mass is 285 g/mol. The van der Waals surface area contributed by atoms with Gasteiger partial charge in [-0.05, 0) is 42.0 Å². The Bertz CT molecular complexity index is 567. The molecule has 2 N–H and O–H groups in total. The van der Waals surface area contributed by atoms with Crippen molar-refractivity contribution in [1.82, 2.24) is 9.97 Å². The molecule has 0 aliphatic carbocycles. The molecule has 0 aliphatic rings. The predicted octanol–water partition coefficient (Wildman–Crippen LogP) is 3.67. The lowest BCUT2D eigenvalue weighted by atomic mass is 10.0. The van der Waals surface area contributed by atoms with E-state index in [4.69, 9.17) is 10.5 Å². The standard InChI is InChI=1S/C17H23N3O/c1-4-15(18)8-13-10-19-17(20-11-13)21-16-7-5-6-14(9-16)12(2)3/h5-7,9-12,15H,4,8,18H2,1-3H3. The van der Waals surface area contributed by atoms with Gasteiger partial charge in [-0.1, -0.05) is 32.9 Å². The zero-order valence-corrected chi connectivity index (χ0v) is 12.9. The summed E-state index contributed by atoms with van der Waals surface area (Å²) in [4.78, 5) is 8.49. The molecule has 1 unspecified atom stereocenters. The molecule has 0 fully saturated rings. The molecule has 21 heavy (non-hydrogen) atoms. The largest absolute Gasteiger partial charge is 0.424 e. The third-order valence-electron chi connectivity index (χ3n) is 3.44. The van der Waals surface area contributed by atoms with E-state index >= 15 is 0 Å². The van der Waals surface area contributed by atoms with Crippen molar-refractivity contribution in [1.29, 1.82) is 0 Å². The van der Waals surface area contributed by atoms with Crippen LogP contribution in [0.1, 0.15) is 44.2 Å². The molecule has 112 valence electrons. The summed E-state index contributed by atoms with van der Waals surface area (Å²) in [6, 6.07) is 8.53. The van der Waals surface area contributed by atoms with Gasteiger partial charge in [0.25, 0.3) is 0 Å². The van der Waals surface area contributed by atoms with Crippen LogP contribution in [0.25, 0.3) is 0 Å². The summed E-state index contributed by atoms with van der Waals surface area (Å²) in [5.74, 6) is 1.23. The topological polar surface area (TPSA) is 61.0 Å². The van der Waals surface area contributed by atoms with Gasteiger partial charge in [0.05, 0.1) is 0 Å². The molecule has 0 aliphatic heterocycles. The number of nitrogens with two attached hydrogens (primary N) is 1. The number of aromatic nitrogens is 2. The van der Waals surface area contributed by atoms with Gasteiger partial charge in [-0.15, -0.1) is 0 Å². The van der Waals surface area contributed by atoms with E-state index in [0.29, 0.717) is 11.9 Å². The summed E-state index contributed by atoms with van der Waals surface area (Å²) in [7, 11) is 0. The van der Waals surface area contributed by atoms with Gasteiger partial charge in [0.2, 0.25) is 0 Å². The molecule has 1 heterocycles. The fourth-order valence-corrected chi connectivity index (χ4v) is 1.99. The fourth-order valence-electron chi connectivity index (χ4n) is 1.99.